The van der Waals surface area contributed by atoms with Crippen LogP contribution in [-0.4, -0.2) is 63.9 Å². The smallest absolute Gasteiger partial charge is 0.361 e. The van der Waals surface area contributed by atoms with Gasteiger partial charge >= 0.3 is 23.6 Å². The van der Waals surface area contributed by atoms with Crippen LogP contribution in [0.3, 0.4) is 0 Å². The standard InChI is InChI=1S/C38H28Cl2N2O11/c39-27-17-10-18-28(40)30(27)26(20-43)25-19-42(38(48)41-33(25)44)53-37-32(52-36(47)24-15-8-3-9-16-24)31(51-35(46)23-13-6-2-7-14-23)29(50-37)21-49-34(45)22-11-4-1-5-12-22/h1-20,29,31-32,37,43H,21H2,(H,41,44,48)/b26-20+/t29-,31-,32-,37-/m1/s1. The van der Waals surface area contributed by atoms with Crippen LogP contribution in [0.1, 0.15) is 42.2 Å². The number of aromatic nitrogens is 2. The SMILES string of the molecule is O=C(OC[C@H]1O[C@H](On2cc(/C(=C\O)c3c(Cl)cccc3Cl)c(=O)[nH]c2=O)[C@H](OC(=O)c2ccccc2)[C@@H]1OC(=O)c1ccccc1)c1ccccc1. The molecule has 0 saturated carbocycles. The maximum atomic E-state index is 13.4. The Labute approximate surface area is 310 Å². The van der Waals surface area contributed by atoms with Crippen molar-refractivity contribution >= 4 is 46.7 Å². The van der Waals surface area contributed by atoms with E-state index in [1.54, 1.807) is 60.7 Å². The number of hydrogen-bond acceptors (Lipinski definition) is 11. The number of rotatable bonds is 11. The number of nitrogens with one attached hydrogen (secondary N) is 1. The van der Waals surface area contributed by atoms with E-state index in [2.05, 4.69) is 4.98 Å². The molecule has 1 aliphatic rings. The molecule has 2 N–H and O–H groups in total. The maximum absolute atomic E-state index is 13.4. The summed E-state index contributed by atoms with van der Waals surface area (Å²) in [5, 5.41) is 10.4. The van der Waals surface area contributed by atoms with Gasteiger partial charge in [0.2, 0.25) is 6.10 Å². The van der Waals surface area contributed by atoms with E-state index in [0.717, 1.165) is 6.20 Å². The molecule has 13 nitrogen and oxygen atoms in total. The van der Waals surface area contributed by atoms with Crippen LogP contribution in [0.2, 0.25) is 10.0 Å². The Morgan fingerprint density at radius 2 is 1.25 bits per heavy atom. The van der Waals surface area contributed by atoms with Crippen LogP contribution >= 0.6 is 23.2 Å². The molecule has 0 radical (unpaired) electrons. The van der Waals surface area contributed by atoms with Gasteiger partial charge in [0.05, 0.1) is 44.8 Å². The number of ether oxygens (including phenoxy) is 4. The Balaban J connectivity index is 1.38. The molecule has 0 amide bonds. The van der Waals surface area contributed by atoms with Gasteiger partial charge in [0.1, 0.15) is 12.7 Å². The van der Waals surface area contributed by atoms with Crippen LogP contribution in [0, 0.1) is 0 Å². The van der Waals surface area contributed by atoms with Gasteiger partial charge in [-0.25, -0.2) is 19.2 Å². The van der Waals surface area contributed by atoms with Crippen molar-refractivity contribution in [3.05, 3.63) is 180 Å². The summed E-state index contributed by atoms with van der Waals surface area (Å²) >= 11 is 12.7. The second-order valence-electron chi connectivity index (χ2n) is 11.4. The van der Waals surface area contributed by atoms with Gasteiger partial charge in [-0.15, -0.1) is 4.73 Å². The first-order chi connectivity index (χ1) is 25.6. The molecule has 1 fully saturated rings. The Morgan fingerprint density at radius 1 is 0.736 bits per heavy atom. The molecule has 4 atom stereocenters. The lowest BCUT2D eigenvalue weighted by Gasteiger charge is -2.24. The molecule has 0 unspecified atom stereocenters. The first-order valence-electron chi connectivity index (χ1n) is 15.9. The lowest BCUT2D eigenvalue weighted by atomic mass is 10.0. The van der Waals surface area contributed by atoms with Crippen LogP contribution in [-0.2, 0) is 18.9 Å². The number of H-pyrrole nitrogens is 1. The molecule has 270 valence electrons. The van der Waals surface area contributed by atoms with Crippen LogP contribution in [0.25, 0.3) is 5.57 Å². The van der Waals surface area contributed by atoms with E-state index in [1.807, 2.05) is 0 Å². The van der Waals surface area contributed by atoms with Crippen LogP contribution in [0.5, 0.6) is 0 Å². The van der Waals surface area contributed by atoms with Gasteiger partial charge in [0.25, 0.3) is 11.8 Å². The summed E-state index contributed by atoms with van der Waals surface area (Å²) in [4.78, 5) is 73.9. The number of aliphatic hydroxyl groups excluding tert-OH is 1. The summed E-state index contributed by atoms with van der Waals surface area (Å²) in [5.74, 6) is -2.44. The highest BCUT2D eigenvalue weighted by atomic mass is 35.5. The predicted octanol–water partition coefficient (Wildman–Crippen LogP) is 5.25. The van der Waals surface area contributed by atoms with E-state index >= 15 is 0 Å². The molecule has 0 bridgehead atoms. The normalized spacial score (nSPS) is 18.2. The number of aliphatic hydroxyl groups is 1. The molecular weight excluding hydrogens is 731 g/mol. The molecule has 0 spiro atoms. The molecule has 2 heterocycles. The van der Waals surface area contributed by atoms with E-state index in [1.165, 1.54) is 48.5 Å². The third-order valence-corrected chi connectivity index (χ3v) is 8.57. The zero-order valence-corrected chi connectivity index (χ0v) is 28.8. The lowest BCUT2D eigenvalue weighted by Crippen LogP contribution is -2.46. The summed E-state index contributed by atoms with van der Waals surface area (Å²) in [6, 6.07) is 28.4. The third-order valence-electron chi connectivity index (χ3n) is 7.94. The van der Waals surface area contributed by atoms with Crippen molar-refractivity contribution in [2.75, 3.05) is 6.61 Å². The Bertz CT molecular complexity index is 2240. The van der Waals surface area contributed by atoms with Crippen molar-refractivity contribution < 1.29 is 43.3 Å². The molecule has 53 heavy (non-hydrogen) atoms. The summed E-state index contributed by atoms with van der Waals surface area (Å²) in [6.45, 7) is -0.520. The first-order valence-corrected chi connectivity index (χ1v) is 16.6. The number of halogens is 2. The molecule has 1 aliphatic heterocycles. The first kappa shape index (κ1) is 36.6. The van der Waals surface area contributed by atoms with Gasteiger partial charge in [0.15, 0.2) is 6.10 Å². The number of carbonyl (C=O) groups is 3. The lowest BCUT2D eigenvalue weighted by molar-refractivity contribution is -0.175. The van der Waals surface area contributed by atoms with Crippen LogP contribution < -0.4 is 16.1 Å². The largest absolute Gasteiger partial charge is 0.515 e. The maximum Gasteiger partial charge on any atom is 0.361 e. The zero-order chi connectivity index (χ0) is 37.5. The van der Waals surface area contributed by atoms with Gasteiger partial charge in [-0.3, -0.25) is 9.78 Å². The second kappa shape index (κ2) is 16.5. The molecule has 15 heteroatoms. The van der Waals surface area contributed by atoms with Crippen molar-refractivity contribution in [1.82, 2.24) is 9.71 Å². The number of aromatic amines is 1. The van der Waals surface area contributed by atoms with Crippen LogP contribution in [0.15, 0.2) is 131 Å². The minimum Gasteiger partial charge on any atom is -0.515 e. The Kier molecular flexibility index (Phi) is 11.4. The Hall–Kier alpha value is -6.15. The highest BCUT2D eigenvalue weighted by Gasteiger charge is 2.52. The number of nitrogens with zero attached hydrogens (tertiary/aromatic N) is 1. The molecular formula is C38H28Cl2N2O11. The molecule has 0 aliphatic carbocycles. The average Bonchev–Trinajstić information content (AvgIpc) is 3.48. The van der Waals surface area contributed by atoms with Gasteiger partial charge in [-0.05, 0) is 48.5 Å². The molecule has 4 aromatic carbocycles. The van der Waals surface area contributed by atoms with Crippen molar-refractivity contribution in [2.24, 2.45) is 0 Å². The third kappa shape index (κ3) is 8.33. The molecule has 6 rings (SSSR count). The zero-order valence-electron chi connectivity index (χ0n) is 27.3. The summed E-state index contributed by atoms with van der Waals surface area (Å²) < 4.78 is 23.8. The van der Waals surface area contributed by atoms with Crippen molar-refractivity contribution in [3.63, 3.8) is 0 Å². The average molecular weight is 760 g/mol. The number of hydrogen-bond donors (Lipinski definition) is 2. The topological polar surface area (TPSA) is 172 Å². The van der Waals surface area contributed by atoms with E-state index in [9.17, 15) is 29.1 Å². The van der Waals surface area contributed by atoms with Gasteiger partial charge in [0, 0.05) is 11.1 Å². The van der Waals surface area contributed by atoms with E-state index in [0.29, 0.717) is 11.0 Å². The molecule has 5 aromatic rings. The highest BCUT2D eigenvalue weighted by Crippen LogP contribution is 2.34. The van der Waals surface area contributed by atoms with Gasteiger partial charge < -0.3 is 28.9 Å². The minimum absolute atomic E-state index is 0.0778. The fourth-order valence-corrected chi connectivity index (χ4v) is 5.99. The highest BCUT2D eigenvalue weighted by molar-refractivity contribution is 6.37. The van der Waals surface area contributed by atoms with Gasteiger partial charge in [-0.1, -0.05) is 83.9 Å². The fourth-order valence-electron chi connectivity index (χ4n) is 5.39. The number of benzene rings is 4. The number of carbonyl (C=O) groups excluding carboxylic acids is 3. The molecule has 1 aromatic heterocycles. The monoisotopic (exact) mass is 758 g/mol. The van der Waals surface area contributed by atoms with Crippen molar-refractivity contribution in [2.45, 2.75) is 24.6 Å². The second-order valence-corrected chi connectivity index (χ2v) is 12.2. The van der Waals surface area contributed by atoms with E-state index < -0.39 is 60.4 Å². The van der Waals surface area contributed by atoms with Gasteiger partial charge in [-0.2, -0.15) is 0 Å². The van der Waals surface area contributed by atoms with Crippen molar-refractivity contribution in [1.29, 1.82) is 0 Å². The number of esters is 3. The van der Waals surface area contributed by atoms with E-state index in [4.69, 9.17) is 47.0 Å². The Morgan fingerprint density at radius 3 is 1.77 bits per heavy atom. The fraction of sp³-hybridized carbons (Fsp3) is 0.132. The summed E-state index contributed by atoms with van der Waals surface area (Å²) in [6.07, 6.45) is -4.59. The summed E-state index contributed by atoms with van der Waals surface area (Å²) in [7, 11) is 0. The quantitative estimate of drug-likeness (QED) is 0.102. The summed E-state index contributed by atoms with van der Waals surface area (Å²) in [5.41, 5.74) is -1.95. The molecule has 1 saturated heterocycles. The minimum atomic E-state index is -1.72. The van der Waals surface area contributed by atoms with Crippen LogP contribution in [0.4, 0.5) is 0 Å². The van der Waals surface area contributed by atoms with Crippen molar-refractivity contribution in [3.8, 4) is 0 Å². The predicted molar refractivity (Wildman–Crippen MR) is 191 cm³/mol. The van der Waals surface area contributed by atoms with E-state index in [-0.39, 0.29) is 43.4 Å².